The number of aryl methyl sites for hydroxylation is 1. The van der Waals surface area contributed by atoms with Crippen molar-refractivity contribution >= 4 is 17.7 Å². The van der Waals surface area contributed by atoms with Gasteiger partial charge in [0.25, 0.3) is 5.91 Å². The quantitative estimate of drug-likeness (QED) is 0.473. The molecule has 8 heteroatoms. The average molecular weight is 402 g/mol. The first-order valence-electron chi connectivity index (χ1n) is 9.13. The van der Waals surface area contributed by atoms with Gasteiger partial charge in [0.15, 0.2) is 23.9 Å². The normalized spacial score (nSPS) is 10.4. The molecule has 8 nitrogen and oxygen atoms in total. The van der Waals surface area contributed by atoms with Gasteiger partial charge in [0.2, 0.25) is 0 Å². The van der Waals surface area contributed by atoms with Gasteiger partial charge in [0.05, 0.1) is 14.2 Å². The third-order valence-corrected chi connectivity index (χ3v) is 4.50. The number of aromatic nitrogens is 1. The topological polar surface area (TPSA) is 87.1 Å². The molecule has 1 amide bonds. The summed E-state index contributed by atoms with van der Waals surface area (Å²) in [6.45, 7) is 3.66. The SMILES string of the molecule is CCN(Cc1ccc(OC)c(OC)c1)C(=O)COC(=O)c1cc(C(C)=O)cn1C. The monoisotopic (exact) mass is 402 g/mol. The van der Waals surface area contributed by atoms with Gasteiger partial charge in [-0.2, -0.15) is 0 Å². The molecule has 2 aromatic rings. The number of carbonyl (C=O) groups is 3. The molecule has 0 aliphatic carbocycles. The maximum Gasteiger partial charge on any atom is 0.355 e. The Hall–Kier alpha value is -3.29. The van der Waals surface area contributed by atoms with Crippen molar-refractivity contribution in [2.45, 2.75) is 20.4 Å². The van der Waals surface area contributed by atoms with Gasteiger partial charge in [0, 0.05) is 31.9 Å². The van der Waals surface area contributed by atoms with Crippen molar-refractivity contribution in [1.82, 2.24) is 9.47 Å². The fourth-order valence-electron chi connectivity index (χ4n) is 2.83. The second-order valence-electron chi connectivity index (χ2n) is 6.45. The van der Waals surface area contributed by atoms with Gasteiger partial charge in [-0.25, -0.2) is 4.79 Å². The molecular weight excluding hydrogens is 376 g/mol. The Labute approximate surface area is 170 Å². The number of ether oxygens (including phenoxy) is 3. The summed E-state index contributed by atoms with van der Waals surface area (Å²) >= 11 is 0. The molecule has 0 saturated carbocycles. The molecule has 1 aromatic carbocycles. The zero-order chi connectivity index (χ0) is 21.6. The number of nitrogens with zero attached hydrogens (tertiary/aromatic N) is 2. The molecule has 1 aromatic heterocycles. The number of hydrogen-bond acceptors (Lipinski definition) is 6. The van der Waals surface area contributed by atoms with E-state index < -0.39 is 5.97 Å². The fourth-order valence-corrected chi connectivity index (χ4v) is 2.83. The highest BCUT2D eigenvalue weighted by molar-refractivity contribution is 5.98. The van der Waals surface area contributed by atoms with E-state index in [2.05, 4.69) is 0 Å². The molecule has 0 atom stereocenters. The molecule has 156 valence electrons. The van der Waals surface area contributed by atoms with Crippen molar-refractivity contribution in [3.05, 3.63) is 47.3 Å². The number of amides is 1. The van der Waals surface area contributed by atoms with Crippen LogP contribution in [0.3, 0.4) is 0 Å². The summed E-state index contributed by atoms with van der Waals surface area (Å²) in [5.41, 5.74) is 1.48. The Kier molecular flexibility index (Phi) is 7.41. The minimum Gasteiger partial charge on any atom is -0.493 e. The van der Waals surface area contributed by atoms with Crippen LogP contribution < -0.4 is 9.47 Å². The lowest BCUT2D eigenvalue weighted by Crippen LogP contribution is -2.34. The molecule has 0 saturated heterocycles. The van der Waals surface area contributed by atoms with Gasteiger partial charge >= 0.3 is 5.97 Å². The van der Waals surface area contributed by atoms with Crippen molar-refractivity contribution in [3.8, 4) is 11.5 Å². The highest BCUT2D eigenvalue weighted by atomic mass is 16.5. The summed E-state index contributed by atoms with van der Waals surface area (Å²) in [6, 6.07) is 6.87. The van der Waals surface area contributed by atoms with Crippen LogP contribution in [0.1, 0.15) is 40.3 Å². The molecule has 0 fully saturated rings. The molecule has 2 rings (SSSR count). The summed E-state index contributed by atoms with van der Waals surface area (Å²) < 4.78 is 17.2. The maximum atomic E-state index is 12.5. The summed E-state index contributed by atoms with van der Waals surface area (Å²) in [7, 11) is 4.74. The number of hydrogen-bond donors (Lipinski definition) is 0. The van der Waals surface area contributed by atoms with E-state index in [0.29, 0.717) is 30.2 Å². The van der Waals surface area contributed by atoms with Gasteiger partial charge in [-0.1, -0.05) is 6.07 Å². The number of likely N-dealkylation sites (N-methyl/N-ethyl adjacent to an activating group) is 1. The van der Waals surface area contributed by atoms with E-state index >= 15 is 0 Å². The third-order valence-electron chi connectivity index (χ3n) is 4.50. The van der Waals surface area contributed by atoms with E-state index in [1.165, 1.54) is 17.6 Å². The Morgan fingerprint density at radius 3 is 2.31 bits per heavy atom. The number of esters is 1. The lowest BCUT2D eigenvalue weighted by atomic mass is 10.2. The number of methoxy groups -OCH3 is 2. The highest BCUT2D eigenvalue weighted by Crippen LogP contribution is 2.28. The first kappa shape index (κ1) is 22.0. The van der Waals surface area contributed by atoms with Crippen LogP contribution in [0.5, 0.6) is 11.5 Å². The molecule has 0 N–H and O–H groups in total. The van der Waals surface area contributed by atoms with Crippen LogP contribution in [0.2, 0.25) is 0 Å². The Morgan fingerprint density at radius 1 is 1.07 bits per heavy atom. The lowest BCUT2D eigenvalue weighted by Gasteiger charge is -2.21. The van der Waals surface area contributed by atoms with Gasteiger partial charge in [-0.05, 0) is 37.6 Å². The van der Waals surface area contributed by atoms with Crippen molar-refractivity contribution < 1.29 is 28.6 Å². The molecule has 0 aliphatic heterocycles. The van der Waals surface area contributed by atoms with Crippen LogP contribution in [0, 0.1) is 0 Å². The summed E-state index contributed by atoms with van der Waals surface area (Å²) in [4.78, 5) is 37.8. The van der Waals surface area contributed by atoms with Crippen molar-refractivity contribution in [3.63, 3.8) is 0 Å². The van der Waals surface area contributed by atoms with E-state index in [4.69, 9.17) is 14.2 Å². The zero-order valence-electron chi connectivity index (χ0n) is 17.4. The van der Waals surface area contributed by atoms with Crippen molar-refractivity contribution in [2.75, 3.05) is 27.4 Å². The van der Waals surface area contributed by atoms with Gasteiger partial charge in [-0.3, -0.25) is 9.59 Å². The number of benzene rings is 1. The predicted octanol–water partition coefficient (Wildman–Crippen LogP) is 2.45. The summed E-state index contributed by atoms with van der Waals surface area (Å²) in [5.74, 6) is 0.0481. The minimum absolute atomic E-state index is 0.150. The van der Waals surface area contributed by atoms with Gasteiger partial charge < -0.3 is 23.7 Å². The van der Waals surface area contributed by atoms with Crippen LogP contribution >= 0.6 is 0 Å². The standard InChI is InChI=1S/C21H26N2O6/c1-6-23(11-15-7-8-18(27-4)19(9-15)28-5)20(25)13-29-21(26)17-10-16(14(2)24)12-22(17)3/h7-10,12H,6,11,13H2,1-5H3. The van der Waals surface area contributed by atoms with Crippen molar-refractivity contribution in [1.29, 1.82) is 0 Å². The van der Waals surface area contributed by atoms with E-state index in [9.17, 15) is 14.4 Å². The Balaban J connectivity index is 2.01. The Morgan fingerprint density at radius 2 is 1.76 bits per heavy atom. The van der Waals surface area contributed by atoms with Crippen LogP contribution in [0.25, 0.3) is 0 Å². The molecule has 1 heterocycles. The summed E-state index contributed by atoms with van der Waals surface area (Å²) in [6.07, 6.45) is 1.55. The van der Waals surface area contributed by atoms with E-state index in [-0.39, 0.29) is 24.0 Å². The number of carbonyl (C=O) groups excluding carboxylic acids is 3. The first-order valence-corrected chi connectivity index (χ1v) is 9.13. The van der Waals surface area contributed by atoms with Crippen molar-refractivity contribution in [2.24, 2.45) is 7.05 Å². The molecule has 0 aliphatic rings. The van der Waals surface area contributed by atoms with E-state index in [1.807, 2.05) is 13.0 Å². The van der Waals surface area contributed by atoms with Gasteiger partial charge in [-0.15, -0.1) is 0 Å². The number of Topliss-reactive ketones (excluding diaryl/α,β-unsaturated/α-hetero) is 1. The van der Waals surface area contributed by atoms with Gasteiger partial charge in [0.1, 0.15) is 5.69 Å². The fraction of sp³-hybridized carbons (Fsp3) is 0.381. The van der Waals surface area contributed by atoms with E-state index in [1.54, 1.807) is 44.5 Å². The molecule has 0 spiro atoms. The maximum absolute atomic E-state index is 12.5. The van der Waals surface area contributed by atoms with Crippen LogP contribution in [-0.4, -0.2) is 54.5 Å². The number of ketones is 1. The molecule has 0 radical (unpaired) electrons. The number of rotatable bonds is 9. The van der Waals surface area contributed by atoms with Crippen LogP contribution in [-0.2, 0) is 23.1 Å². The van der Waals surface area contributed by atoms with Crippen LogP contribution in [0.15, 0.2) is 30.5 Å². The largest absolute Gasteiger partial charge is 0.493 e. The minimum atomic E-state index is -0.657. The lowest BCUT2D eigenvalue weighted by molar-refractivity contribution is -0.135. The van der Waals surface area contributed by atoms with Crippen LogP contribution in [0.4, 0.5) is 0 Å². The highest BCUT2D eigenvalue weighted by Gasteiger charge is 2.19. The smallest absolute Gasteiger partial charge is 0.355 e. The Bertz CT molecular complexity index is 903. The molecule has 0 bridgehead atoms. The molecule has 0 unspecified atom stereocenters. The summed E-state index contributed by atoms with van der Waals surface area (Å²) in [5, 5.41) is 0. The third kappa shape index (κ3) is 5.37. The average Bonchev–Trinajstić information content (AvgIpc) is 3.11. The molecular formula is C21H26N2O6. The second kappa shape index (κ2) is 9.77. The zero-order valence-corrected chi connectivity index (χ0v) is 17.4. The second-order valence-corrected chi connectivity index (χ2v) is 6.45. The van der Waals surface area contributed by atoms with E-state index in [0.717, 1.165) is 5.56 Å². The first-order chi connectivity index (χ1) is 13.8. The predicted molar refractivity (Wildman–Crippen MR) is 106 cm³/mol. The molecule has 29 heavy (non-hydrogen) atoms.